The lowest BCUT2D eigenvalue weighted by Gasteiger charge is -2.42. The van der Waals surface area contributed by atoms with Gasteiger partial charge < -0.3 is 9.47 Å². The van der Waals surface area contributed by atoms with E-state index < -0.39 is 17.0 Å². The summed E-state index contributed by atoms with van der Waals surface area (Å²) in [4.78, 5) is 24.0. The standard InChI is InChI=1S/C12H20O4/c1-5-16-10(14)11(2,3)9(13)12(15-4)7-6-8-12/h5-8H2,1-4H3. The molecule has 1 saturated carbocycles. The van der Waals surface area contributed by atoms with Crippen LogP contribution in [0.4, 0.5) is 0 Å². The zero-order valence-electron chi connectivity index (χ0n) is 10.5. The Morgan fingerprint density at radius 2 is 1.88 bits per heavy atom. The highest BCUT2D eigenvalue weighted by atomic mass is 16.5. The molecule has 0 aromatic carbocycles. The van der Waals surface area contributed by atoms with Crippen LogP contribution in [-0.2, 0) is 19.1 Å². The van der Waals surface area contributed by atoms with Crippen molar-refractivity contribution < 1.29 is 19.1 Å². The normalized spacial score (nSPS) is 18.8. The second-order valence-corrected chi connectivity index (χ2v) is 4.73. The van der Waals surface area contributed by atoms with E-state index >= 15 is 0 Å². The van der Waals surface area contributed by atoms with Crippen molar-refractivity contribution in [1.29, 1.82) is 0 Å². The number of carbonyl (C=O) groups is 2. The first-order valence-corrected chi connectivity index (χ1v) is 5.68. The highest BCUT2D eigenvalue weighted by Crippen LogP contribution is 2.41. The quantitative estimate of drug-likeness (QED) is 0.531. The van der Waals surface area contributed by atoms with Crippen LogP contribution < -0.4 is 0 Å². The van der Waals surface area contributed by atoms with Crippen molar-refractivity contribution in [1.82, 2.24) is 0 Å². The molecule has 0 aliphatic heterocycles. The number of Topliss-reactive ketones (excluding diaryl/α,β-unsaturated/α-hetero) is 1. The molecule has 16 heavy (non-hydrogen) atoms. The lowest BCUT2D eigenvalue weighted by atomic mass is 9.68. The molecule has 4 heteroatoms. The number of hydrogen-bond donors (Lipinski definition) is 0. The van der Waals surface area contributed by atoms with Crippen LogP contribution >= 0.6 is 0 Å². The van der Waals surface area contributed by atoms with Crippen LogP contribution in [0.5, 0.6) is 0 Å². The van der Waals surface area contributed by atoms with Gasteiger partial charge in [-0.25, -0.2) is 0 Å². The maximum atomic E-state index is 12.3. The average molecular weight is 228 g/mol. The third kappa shape index (κ3) is 1.98. The Bertz CT molecular complexity index is 284. The number of ketones is 1. The van der Waals surface area contributed by atoms with E-state index in [4.69, 9.17) is 9.47 Å². The summed E-state index contributed by atoms with van der Waals surface area (Å²) in [5, 5.41) is 0. The molecule has 4 nitrogen and oxygen atoms in total. The van der Waals surface area contributed by atoms with Crippen LogP contribution in [0.1, 0.15) is 40.0 Å². The molecule has 0 unspecified atom stereocenters. The monoisotopic (exact) mass is 228 g/mol. The van der Waals surface area contributed by atoms with E-state index in [-0.39, 0.29) is 12.4 Å². The van der Waals surface area contributed by atoms with E-state index in [9.17, 15) is 9.59 Å². The Labute approximate surface area is 96.3 Å². The first-order valence-electron chi connectivity index (χ1n) is 5.68. The lowest BCUT2D eigenvalue weighted by Crippen LogP contribution is -2.55. The third-order valence-electron chi connectivity index (χ3n) is 3.32. The van der Waals surface area contributed by atoms with Gasteiger partial charge in [0.2, 0.25) is 0 Å². The Morgan fingerprint density at radius 3 is 2.19 bits per heavy atom. The molecule has 0 radical (unpaired) electrons. The van der Waals surface area contributed by atoms with Gasteiger partial charge in [-0.3, -0.25) is 9.59 Å². The number of rotatable bonds is 5. The maximum Gasteiger partial charge on any atom is 0.319 e. The molecule has 0 amide bonds. The van der Waals surface area contributed by atoms with Gasteiger partial charge in [0.1, 0.15) is 11.0 Å². The Hall–Kier alpha value is -0.900. The topological polar surface area (TPSA) is 52.6 Å². The van der Waals surface area contributed by atoms with E-state index in [1.54, 1.807) is 20.8 Å². The van der Waals surface area contributed by atoms with Crippen molar-refractivity contribution in [2.75, 3.05) is 13.7 Å². The molecular formula is C12H20O4. The molecule has 0 aromatic rings. The van der Waals surface area contributed by atoms with Crippen LogP contribution in [0.3, 0.4) is 0 Å². The predicted octanol–water partition coefficient (Wildman–Crippen LogP) is 1.71. The lowest BCUT2D eigenvalue weighted by molar-refractivity contribution is -0.173. The van der Waals surface area contributed by atoms with Crippen molar-refractivity contribution in [2.24, 2.45) is 5.41 Å². The average Bonchev–Trinajstić information content (AvgIpc) is 2.17. The Morgan fingerprint density at radius 1 is 1.31 bits per heavy atom. The molecule has 1 aliphatic carbocycles. The second-order valence-electron chi connectivity index (χ2n) is 4.73. The second kappa shape index (κ2) is 4.53. The zero-order chi connectivity index (χ0) is 12.4. The van der Waals surface area contributed by atoms with Crippen molar-refractivity contribution in [3.63, 3.8) is 0 Å². The molecule has 0 N–H and O–H groups in total. The van der Waals surface area contributed by atoms with Gasteiger partial charge in [0.15, 0.2) is 5.78 Å². The van der Waals surface area contributed by atoms with Crippen molar-refractivity contribution >= 4 is 11.8 Å². The molecule has 1 rings (SSSR count). The van der Waals surface area contributed by atoms with Gasteiger partial charge in [-0.05, 0) is 40.0 Å². The smallest absolute Gasteiger partial charge is 0.319 e. The number of ether oxygens (including phenoxy) is 2. The molecule has 92 valence electrons. The van der Waals surface area contributed by atoms with Crippen molar-refractivity contribution in [3.8, 4) is 0 Å². The summed E-state index contributed by atoms with van der Waals surface area (Å²) in [6.07, 6.45) is 2.37. The predicted molar refractivity (Wildman–Crippen MR) is 59.0 cm³/mol. The van der Waals surface area contributed by atoms with Crippen LogP contribution in [-0.4, -0.2) is 31.1 Å². The fourth-order valence-electron chi connectivity index (χ4n) is 2.00. The van der Waals surface area contributed by atoms with Gasteiger partial charge in [0.25, 0.3) is 0 Å². The number of methoxy groups -OCH3 is 1. The minimum Gasteiger partial charge on any atom is -0.465 e. The van der Waals surface area contributed by atoms with Gasteiger partial charge in [-0.2, -0.15) is 0 Å². The van der Waals surface area contributed by atoms with Gasteiger partial charge in [-0.1, -0.05) is 0 Å². The summed E-state index contributed by atoms with van der Waals surface area (Å²) in [6.45, 7) is 5.22. The maximum absolute atomic E-state index is 12.3. The summed E-state index contributed by atoms with van der Waals surface area (Å²) >= 11 is 0. The highest BCUT2D eigenvalue weighted by Gasteiger charge is 2.53. The number of hydrogen-bond acceptors (Lipinski definition) is 4. The highest BCUT2D eigenvalue weighted by molar-refractivity contribution is 6.07. The van der Waals surface area contributed by atoms with Crippen molar-refractivity contribution in [3.05, 3.63) is 0 Å². The van der Waals surface area contributed by atoms with E-state index in [1.807, 2.05) is 0 Å². The molecule has 0 spiro atoms. The summed E-state index contributed by atoms with van der Waals surface area (Å²) in [6, 6.07) is 0. The molecule has 0 aromatic heterocycles. The molecule has 0 bridgehead atoms. The van der Waals surface area contributed by atoms with E-state index in [0.29, 0.717) is 12.8 Å². The van der Waals surface area contributed by atoms with Crippen molar-refractivity contribution in [2.45, 2.75) is 45.6 Å². The van der Waals surface area contributed by atoms with Crippen LogP contribution in [0.2, 0.25) is 0 Å². The van der Waals surface area contributed by atoms with Gasteiger partial charge in [0, 0.05) is 7.11 Å². The largest absolute Gasteiger partial charge is 0.465 e. The minimum absolute atomic E-state index is 0.160. The van der Waals surface area contributed by atoms with E-state index in [0.717, 1.165) is 6.42 Å². The molecule has 0 saturated heterocycles. The molecule has 1 fully saturated rings. The third-order valence-corrected chi connectivity index (χ3v) is 3.32. The Kier molecular flexibility index (Phi) is 3.73. The summed E-state index contributed by atoms with van der Waals surface area (Å²) < 4.78 is 10.2. The van der Waals surface area contributed by atoms with E-state index in [2.05, 4.69) is 0 Å². The molecular weight excluding hydrogens is 208 g/mol. The molecule has 0 heterocycles. The number of carbonyl (C=O) groups excluding carboxylic acids is 2. The van der Waals surface area contributed by atoms with Gasteiger partial charge in [-0.15, -0.1) is 0 Å². The fourth-order valence-corrected chi connectivity index (χ4v) is 2.00. The fraction of sp³-hybridized carbons (Fsp3) is 0.833. The Balaban J connectivity index is 2.82. The van der Waals surface area contributed by atoms with Crippen LogP contribution in [0.25, 0.3) is 0 Å². The molecule has 0 atom stereocenters. The van der Waals surface area contributed by atoms with Gasteiger partial charge in [0.05, 0.1) is 6.61 Å². The SMILES string of the molecule is CCOC(=O)C(C)(C)C(=O)C1(OC)CCC1. The van der Waals surface area contributed by atoms with E-state index in [1.165, 1.54) is 7.11 Å². The molecule has 1 aliphatic rings. The van der Waals surface area contributed by atoms with Crippen LogP contribution in [0.15, 0.2) is 0 Å². The summed E-state index contributed by atoms with van der Waals surface area (Å²) in [5.41, 5.74) is -1.87. The first-order chi connectivity index (χ1) is 7.40. The minimum atomic E-state index is -1.12. The van der Waals surface area contributed by atoms with Gasteiger partial charge >= 0.3 is 5.97 Å². The van der Waals surface area contributed by atoms with Crippen LogP contribution in [0, 0.1) is 5.41 Å². The summed E-state index contributed by atoms with van der Waals surface area (Å²) in [7, 11) is 1.53. The first kappa shape index (κ1) is 13.2. The summed E-state index contributed by atoms with van der Waals surface area (Å²) in [5.74, 6) is -0.629. The zero-order valence-corrected chi connectivity index (χ0v) is 10.5. The number of esters is 1.